The van der Waals surface area contributed by atoms with Gasteiger partial charge in [-0.2, -0.15) is 0 Å². The molecule has 3 aliphatic heterocycles. The van der Waals surface area contributed by atoms with Crippen LogP contribution in [0, 0.1) is 23.7 Å². The first-order valence-corrected chi connectivity index (χ1v) is 40.5. The van der Waals surface area contributed by atoms with Crippen molar-refractivity contribution >= 4 is 167 Å². The van der Waals surface area contributed by atoms with E-state index in [9.17, 15) is 126 Å². The summed E-state index contributed by atoms with van der Waals surface area (Å²) in [6.07, 6.45) is -8.77. The summed E-state index contributed by atoms with van der Waals surface area (Å²) < 4.78 is 0. The number of nitrogens with two attached hydrogens (primary N) is 3. The molecule has 17 amide bonds. The molecule has 0 radical (unpaired) electrons. The van der Waals surface area contributed by atoms with Crippen LogP contribution in [-0.2, 0) is 101 Å². The molecule has 3 rings (SSSR count). The summed E-state index contributed by atoms with van der Waals surface area (Å²) in [7, 11) is 2.59. The van der Waals surface area contributed by atoms with Gasteiger partial charge in [0.25, 0.3) is 0 Å². The number of amides is 17. The summed E-state index contributed by atoms with van der Waals surface area (Å²) in [5.41, 5.74) is 16.4. The van der Waals surface area contributed by atoms with E-state index in [1.807, 2.05) is 5.32 Å². The fourth-order valence-corrected chi connectivity index (χ4v) is 15.0. The predicted octanol–water partition coefficient (Wildman–Crippen LogP) is -8.15. The second-order valence-electron chi connectivity index (χ2n) is 28.0. The monoisotopic (exact) mass is 1680 g/mol. The molecule has 1 unspecified atom stereocenters. The van der Waals surface area contributed by atoms with Crippen molar-refractivity contribution in [2.24, 2.45) is 40.9 Å². The molecule has 3 saturated heterocycles. The van der Waals surface area contributed by atoms with Crippen LogP contribution in [0.5, 0.6) is 0 Å². The molecule has 0 aromatic heterocycles. The molecule has 44 nitrogen and oxygen atoms in total. The molecular weight excluding hydrogens is 1580 g/mol. The first-order valence-electron chi connectivity index (χ1n) is 35.5. The lowest BCUT2D eigenvalue weighted by Crippen LogP contribution is -2.62. The Hall–Kier alpha value is -9.81. The molecule has 0 aliphatic carbocycles. The Morgan fingerprint density at radius 1 is 0.469 bits per heavy atom. The van der Waals surface area contributed by atoms with E-state index in [1.54, 1.807) is 27.7 Å². The highest BCUT2D eigenvalue weighted by atomic mass is 33.1. The summed E-state index contributed by atoms with van der Waals surface area (Å²) in [6, 6.07) is -27.7. The minimum absolute atomic E-state index is 0.111. The Labute approximate surface area is 664 Å². The zero-order valence-electron chi connectivity index (χ0n) is 63.6. The van der Waals surface area contributed by atoms with Crippen molar-refractivity contribution in [3.63, 3.8) is 0 Å². The van der Waals surface area contributed by atoms with E-state index in [2.05, 4.69) is 74.4 Å². The van der Waals surface area contributed by atoms with Gasteiger partial charge in [0.1, 0.15) is 84.6 Å². The smallest absolute Gasteiger partial charge is 0.326 e. The number of rotatable bonds is 28. The lowest BCUT2D eigenvalue weighted by molar-refractivity contribution is -0.143. The number of hydrogen-bond acceptors (Lipinski definition) is 27. The Morgan fingerprint density at radius 2 is 0.965 bits per heavy atom. The second kappa shape index (κ2) is 49.0. The van der Waals surface area contributed by atoms with E-state index in [-0.39, 0.29) is 18.8 Å². The topological polar surface area (TPSA) is 718 Å². The molecule has 0 aromatic carbocycles. The number of carboxylic acids is 4. The fourth-order valence-electron chi connectivity index (χ4n) is 10.4. The van der Waals surface area contributed by atoms with E-state index in [0.717, 1.165) is 35.4 Å². The van der Waals surface area contributed by atoms with Gasteiger partial charge in [0.2, 0.25) is 100 Å². The van der Waals surface area contributed by atoms with E-state index in [4.69, 9.17) is 17.2 Å². The number of carbonyl (C=O) groups is 21. The van der Waals surface area contributed by atoms with Crippen LogP contribution >= 0.6 is 43.2 Å². The van der Waals surface area contributed by atoms with Crippen molar-refractivity contribution < 1.29 is 126 Å². The highest BCUT2D eigenvalue weighted by Crippen LogP contribution is 2.26. The molecule has 3 fully saturated rings. The van der Waals surface area contributed by atoms with Gasteiger partial charge in [-0.15, -0.1) is 0 Å². The van der Waals surface area contributed by atoms with Gasteiger partial charge in [-0.05, 0) is 63.2 Å². The van der Waals surface area contributed by atoms with Crippen molar-refractivity contribution in [3.05, 3.63) is 0 Å². The first-order chi connectivity index (χ1) is 52.6. The van der Waals surface area contributed by atoms with Crippen LogP contribution < -0.4 is 97.0 Å². The number of carbonyl (C=O) groups excluding carboxylic acids is 17. The van der Waals surface area contributed by atoms with Crippen LogP contribution in [0.4, 0.5) is 0 Å². The maximum absolute atomic E-state index is 14.9. The number of primary amides is 2. The van der Waals surface area contributed by atoms with Gasteiger partial charge in [0.05, 0.1) is 38.0 Å². The molecule has 0 aromatic rings. The predicted molar refractivity (Wildman–Crippen MR) is 405 cm³/mol. The SMILES string of the molecule is CC(C)C[C@H](NC(=O)[C@@H]1CSSC[C@@H]2NC(=O)[C@H](CC(C)C)NC(=O)[C@H](CCC(=O)O)NC(=O)[C@@H](NC(=O)[C@H](CCC(=O)O)NC(=O)[C@H](CC(=O)O)NC(=O)[C@@H](N)CC(N)=O)CSSC[C@H](NC(=O)[C@H](C)NC(=O)C(C(C)C)NC(=O)[C@H](CC(N)=O)NC(=O)[C@H](C(C)C)NC2=O)C(=O)N[C@@H]([C@@H](C)O)C(=O)NCC(=O)N1)C(=O)O. The minimum atomic E-state index is -2.11. The molecule has 0 spiro atoms. The summed E-state index contributed by atoms with van der Waals surface area (Å²) in [5, 5.41) is 85.4. The third kappa shape index (κ3) is 36.7. The zero-order valence-corrected chi connectivity index (χ0v) is 66.9. The van der Waals surface area contributed by atoms with Crippen LogP contribution in [0.15, 0.2) is 0 Å². The van der Waals surface area contributed by atoms with Gasteiger partial charge in [0.15, 0.2) is 0 Å². The van der Waals surface area contributed by atoms with Gasteiger partial charge in [-0.25, -0.2) is 4.79 Å². The van der Waals surface area contributed by atoms with Crippen LogP contribution in [0.2, 0.25) is 0 Å². The highest BCUT2D eigenvalue weighted by Gasteiger charge is 2.41. The summed E-state index contributed by atoms with van der Waals surface area (Å²) >= 11 is 0. The van der Waals surface area contributed by atoms with E-state index in [0.29, 0.717) is 21.6 Å². The third-order valence-electron chi connectivity index (χ3n) is 16.4. The first kappa shape index (κ1) is 99.3. The normalized spacial score (nSPS) is 24.5. The maximum Gasteiger partial charge on any atom is 0.326 e. The van der Waals surface area contributed by atoms with E-state index in [1.165, 1.54) is 27.7 Å². The molecule has 26 N–H and O–H groups in total. The average Bonchev–Trinajstić information content (AvgIpc) is 0.954. The molecule has 634 valence electrons. The lowest BCUT2D eigenvalue weighted by Gasteiger charge is -2.29. The molecular formula is C65H104N18O26S4. The summed E-state index contributed by atoms with van der Waals surface area (Å²) in [5.74, 6) is -32.5. The van der Waals surface area contributed by atoms with Gasteiger partial charge < -0.3 is 122 Å². The van der Waals surface area contributed by atoms with Crippen molar-refractivity contribution in [1.82, 2.24) is 79.8 Å². The Kier molecular flexibility index (Phi) is 43.0. The second-order valence-corrected chi connectivity index (χ2v) is 33.1. The minimum Gasteiger partial charge on any atom is -0.481 e. The molecule has 2 bridgehead atoms. The van der Waals surface area contributed by atoms with E-state index >= 15 is 0 Å². The quantitative estimate of drug-likeness (QED) is 0.0256. The number of carboxylic acid groups (broad SMARTS) is 4. The van der Waals surface area contributed by atoms with Gasteiger partial charge in [-0.3, -0.25) is 95.9 Å². The highest BCUT2D eigenvalue weighted by molar-refractivity contribution is 8.77. The summed E-state index contributed by atoms with van der Waals surface area (Å²) in [4.78, 5) is 288. The molecule has 3 aliphatic rings. The molecule has 113 heavy (non-hydrogen) atoms. The molecule has 3 heterocycles. The third-order valence-corrected chi connectivity index (χ3v) is 21.3. The number of hydrogen-bond donors (Lipinski definition) is 23. The van der Waals surface area contributed by atoms with Crippen molar-refractivity contribution in [2.45, 2.75) is 224 Å². The largest absolute Gasteiger partial charge is 0.481 e. The van der Waals surface area contributed by atoms with Gasteiger partial charge in [-0.1, -0.05) is 98.6 Å². The number of nitrogens with one attached hydrogen (secondary N) is 15. The van der Waals surface area contributed by atoms with Crippen LogP contribution in [0.3, 0.4) is 0 Å². The number of aliphatic carboxylic acids is 4. The van der Waals surface area contributed by atoms with Crippen molar-refractivity contribution in [2.75, 3.05) is 29.6 Å². The number of aliphatic hydroxyl groups excluding tert-OH is 1. The Morgan fingerprint density at radius 3 is 1.48 bits per heavy atom. The number of fused-ring (bicyclic) bond motifs is 37. The molecule has 48 heteroatoms. The van der Waals surface area contributed by atoms with Crippen LogP contribution in [0.25, 0.3) is 0 Å². The van der Waals surface area contributed by atoms with E-state index < -0.39 is 313 Å². The average molecular weight is 1680 g/mol. The number of aliphatic hydroxyl groups is 1. The molecule has 16 atom stereocenters. The lowest BCUT2D eigenvalue weighted by atomic mass is 10.00. The molecule has 0 saturated carbocycles. The van der Waals surface area contributed by atoms with Crippen molar-refractivity contribution in [3.8, 4) is 0 Å². The van der Waals surface area contributed by atoms with Crippen LogP contribution in [-0.4, -0.2) is 276 Å². The standard InChI is InChI=1S/C65H104N18O26S4/c1-25(2)15-34-55(98)80-41-24-113-110-21-38(58(101)77-37(65(108)109)16-26(3)4)71-44(87)20-69-62(105)50(30(10)84)83-61(104)40(78-51(94)29(9)70-63(106)48(27(5)6)81-57(100)35(18-43(68)86)76-64(107)49(28(7)8)82-60(41)103)23-112-111-22-39(59(102)73-32(53(96)75-34)11-13-45(88)89)79-54(97)33(12-14-46(90)91)72-56(99)36(19-47(92)93)74-52(95)31(66)17-42(67)85/h25-41,48-50,84H,11-24,66H2,1-10H3,(H2,67,85)(H2,68,86)(H,69,105)(H,70,106)(H,71,87)(H,72,99)(H,73,102)(H,74,95)(H,75,96)(H,76,107)(H,77,101)(H,78,94)(H,79,97)(H,80,98)(H,81,100)(H,82,103)(H,83,104)(H,88,89)(H,90,91)(H,92,93)(H,108,109)/t29-,30+,31-,32-,33-,34-,35-,36-,37-,38-,39-,40-,41-,48?,49-,50-/m0/s1. The van der Waals surface area contributed by atoms with Crippen LogP contribution in [0.1, 0.15) is 127 Å². The van der Waals surface area contributed by atoms with Gasteiger partial charge >= 0.3 is 23.9 Å². The zero-order chi connectivity index (χ0) is 86.0. The Balaban J connectivity index is 3.28. The maximum atomic E-state index is 14.9. The summed E-state index contributed by atoms with van der Waals surface area (Å²) in [6.45, 7) is 13.3. The Bertz CT molecular complexity index is 3490. The van der Waals surface area contributed by atoms with Gasteiger partial charge in [0, 0.05) is 35.9 Å². The fraction of sp³-hybridized carbons (Fsp3) is 0.677. The van der Waals surface area contributed by atoms with Crippen molar-refractivity contribution in [1.29, 1.82) is 0 Å².